The first-order chi connectivity index (χ1) is 14.8. The SMILES string of the molecule is O=C1Cc2ccccc2N1c1cccc(-c2ccc(OCc3ccccc3)cc2)c1. The number of ether oxygens (including phenoxy) is 1. The fraction of sp³-hybridized carbons (Fsp3) is 0.0741. The van der Waals surface area contributed by atoms with Gasteiger partial charge in [0.2, 0.25) is 5.91 Å². The number of carbonyl (C=O) groups excluding carboxylic acids is 1. The Hall–Kier alpha value is -3.85. The summed E-state index contributed by atoms with van der Waals surface area (Å²) >= 11 is 0. The van der Waals surface area contributed by atoms with Crippen molar-refractivity contribution in [3.63, 3.8) is 0 Å². The standard InChI is InChI=1S/C27H21NO2/c29-27-18-23-9-4-5-12-26(23)28(27)24-11-6-10-22(17-24)21-13-15-25(16-14-21)30-19-20-7-2-1-3-8-20/h1-17H,18-19H2. The van der Waals surface area contributed by atoms with Crippen LogP contribution < -0.4 is 9.64 Å². The van der Waals surface area contributed by atoms with Crippen LogP contribution in [0.5, 0.6) is 5.75 Å². The molecular weight excluding hydrogens is 370 g/mol. The largest absolute Gasteiger partial charge is 0.489 e. The van der Waals surface area contributed by atoms with Gasteiger partial charge >= 0.3 is 0 Å². The fourth-order valence-electron chi connectivity index (χ4n) is 3.85. The third kappa shape index (κ3) is 3.58. The molecule has 1 aliphatic rings. The van der Waals surface area contributed by atoms with E-state index in [0.29, 0.717) is 13.0 Å². The lowest BCUT2D eigenvalue weighted by Gasteiger charge is -2.18. The molecule has 30 heavy (non-hydrogen) atoms. The van der Waals surface area contributed by atoms with Gasteiger partial charge in [-0.25, -0.2) is 0 Å². The maximum Gasteiger partial charge on any atom is 0.236 e. The van der Waals surface area contributed by atoms with Gasteiger partial charge < -0.3 is 4.74 Å². The Kier molecular flexibility index (Phi) is 4.78. The van der Waals surface area contributed by atoms with Crippen molar-refractivity contribution in [2.45, 2.75) is 13.0 Å². The monoisotopic (exact) mass is 391 g/mol. The molecular formula is C27H21NO2. The third-order valence-corrected chi connectivity index (χ3v) is 5.36. The highest BCUT2D eigenvalue weighted by atomic mass is 16.5. The fourth-order valence-corrected chi connectivity index (χ4v) is 3.85. The molecule has 0 fully saturated rings. The van der Waals surface area contributed by atoms with E-state index < -0.39 is 0 Å². The van der Waals surface area contributed by atoms with Crippen molar-refractivity contribution in [3.05, 3.63) is 114 Å². The summed E-state index contributed by atoms with van der Waals surface area (Å²) in [5, 5.41) is 0. The van der Waals surface area contributed by atoms with E-state index in [1.165, 1.54) is 0 Å². The van der Waals surface area contributed by atoms with E-state index in [1.54, 1.807) is 0 Å². The summed E-state index contributed by atoms with van der Waals surface area (Å²) in [5.41, 5.74) is 6.25. The number of nitrogens with zero attached hydrogens (tertiary/aromatic N) is 1. The first-order valence-corrected chi connectivity index (χ1v) is 10.1. The summed E-state index contributed by atoms with van der Waals surface area (Å²) in [5.74, 6) is 0.945. The molecule has 4 aromatic rings. The molecule has 0 saturated heterocycles. The van der Waals surface area contributed by atoms with Crippen LogP contribution in [-0.2, 0) is 17.8 Å². The summed E-state index contributed by atoms with van der Waals surface area (Å²) in [6.45, 7) is 0.548. The molecule has 0 atom stereocenters. The van der Waals surface area contributed by atoms with Crippen LogP contribution in [0, 0.1) is 0 Å². The zero-order valence-corrected chi connectivity index (χ0v) is 16.5. The Bertz CT molecular complexity index is 1180. The number of rotatable bonds is 5. The zero-order chi connectivity index (χ0) is 20.3. The number of para-hydroxylation sites is 1. The van der Waals surface area contributed by atoms with E-state index in [1.807, 2.05) is 71.6 Å². The summed E-state index contributed by atoms with van der Waals surface area (Å²) < 4.78 is 5.89. The molecule has 0 radical (unpaired) electrons. The van der Waals surface area contributed by atoms with Crippen LogP contribution in [0.1, 0.15) is 11.1 Å². The Labute approximate surface area is 176 Å². The van der Waals surface area contributed by atoms with E-state index in [0.717, 1.165) is 39.4 Å². The van der Waals surface area contributed by atoms with Gasteiger partial charge in [-0.2, -0.15) is 0 Å². The van der Waals surface area contributed by atoms with Crippen molar-refractivity contribution in [1.82, 2.24) is 0 Å². The second-order valence-electron chi connectivity index (χ2n) is 7.38. The highest BCUT2D eigenvalue weighted by molar-refractivity contribution is 6.07. The minimum atomic E-state index is 0.109. The smallest absolute Gasteiger partial charge is 0.236 e. The molecule has 1 amide bonds. The number of fused-ring (bicyclic) bond motifs is 1. The third-order valence-electron chi connectivity index (χ3n) is 5.36. The topological polar surface area (TPSA) is 29.5 Å². The van der Waals surface area contributed by atoms with Crippen LogP contribution >= 0.6 is 0 Å². The molecule has 0 saturated carbocycles. The number of anilines is 2. The van der Waals surface area contributed by atoms with Gasteiger partial charge in [0.05, 0.1) is 12.1 Å². The average Bonchev–Trinajstić information content (AvgIpc) is 3.14. The van der Waals surface area contributed by atoms with E-state index in [9.17, 15) is 4.79 Å². The lowest BCUT2D eigenvalue weighted by atomic mass is 10.0. The lowest BCUT2D eigenvalue weighted by Crippen LogP contribution is -2.20. The molecule has 0 unspecified atom stereocenters. The summed E-state index contributed by atoms with van der Waals surface area (Å²) in [4.78, 5) is 14.4. The van der Waals surface area contributed by atoms with Crippen LogP contribution in [0.15, 0.2) is 103 Å². The molecule has 5 rings (SSSR count). The number of benzene rings is 4. The Morgan fingerprint density at radius 2 is 1.50 bits per heavy atom. The van der Waals surface area contributed by atoms with Gasteiger partial charge in [-0.3, -0.25) is 9.69 Å². The van der Waals surface area contributed by atoms with Crippen molar-refractivity contribution >= 4 is 17.3 Å². The van der Waals surface area contributed by atoms with E-state index in [-0.39, 0.29) is 5.91 Å². The number of carbonyl (C=O) groups is 1. The second kappa shape index (κ2) is 7.88. The number of amides is 1. The minimum Gasteiger partial charge on any atom is -0.489 e. The predicted octanol–water partition coefficient (Wildman–Crippen LogP) is 6.15. The van der Waals surface area contributed by atoms with Gasteiger partial charge in [0.25, 0.3) is 0 Å². The first-order valence-electron chi connectivity index (χ1n) is 10.1. The summed E-state index contributed by atoms with van der Waals surface area (Å²) in [6.07, 6.45) is 0.452. The Morgan fingerprint density at radius 3 is 2.33 bits per heavy atom. The van der Waals surface area contributed by atoms with E-state index in [4.69, 9.17) is 4.74 Å². The normalized spacial score (nSPS) is 12.7. The maximum absolute atomic E-state index is 12.6. The molecule has 0 bridgehead atoms. The molecule has 1 heterocycles. The van der Waals surface area contributed by atoms with Crippen molar-refractivity contribution in [1.29, 1.82) is 0 Å². The van der Waals surface area contributed by atoms with Gasteiger partial charge in [0.1, 0.15) is 12.4 Å². The Balaban J connectivity index is 1.36. The molecule has 3 nitrogen and oxygen atoms in total. The highest BCUT2D eigenvalue weighted by Crippen LogP contribution is 2.36. The molecule has 0 N–H and O–H groups in total. The maximum atomic E-state index is 12.6. The van der Waals surface area contributed by atoms with Crippen LogP contribution in [0.2, 0.25) is 0 Å². The first kappa shape index (κ1) is 18.2. The van der Waals surface area contributed by atoms with E-state index in [2.05, 4.69) is 36.4 Å². The number of hydrogen-bond donors (Lipinski definition) is 0. The van der Waals surface area contributed by atoms with E-state index >= 15 is 0 Å². The van der Waals surface area contributed by atoms with Crippen LogP contribution in [0.3, 0.4) is 0 Å². The zero-order valence-electron chi connectivity index (χ0n) is 16.5. The quantitative estimate of drug-likeness (QED) is 0.408. The van der Waals surface area contributed by atoms with Crippen molar-refractivity contribution < 1.29 is 9.53 Å². The molecule has 1 aliphatic heterocycles. The van der Waals surface area contributed by atoms with Crippen molar-refractivity contribution in [3.8, 4) is 16.9 Å². The summed E-state index contributed by atoms with van der Waals surface area (Å²) in [6, 6.07) is 34.3. The van der Waals surface area contributed by atoms with Gasteiger partial charge in [0, 0.05) is 5.69 Å². The van der Waals surface area contributed by atoms with Crippen molar-refractivity contribution in [2.75, 3.05) is 4.90 Å². The molecule has 0 aromatic heterocycles. The molecule has 0 aliphatic carbocycles. The highest BCUT2D eigenvalue weighted by Gasteiger charge is 2.28. The van der Waals surface area contributed by atoms with Crippen LogP contribution in [-0.4, -0.2) is 5.91 Å². The van der Waals surface area contributed by atoms with Crippen LogP contribution in [0.4, 0.5) is 11.4 Å². The van der Waals surface area contributed by atoms with Crippen LogP contribution in [0.25, 0.3) is 11.1 Å². The molecule has 4 aromatic carbocycles. The van der Waals surface area contributed by atoms with Crippen molar-refractivity contribution in [2.24, 2.45) is 0 Å². The molecule has 3 heteroatoms. The van der Waals surface area contributed by atoms with Gasteiger partial charge in [-0.15, -0.1) is 0 Å². The van der Waals surface area contributed by atoms with Gasteiger partial charge in [-0.05, 0) is 52.6 Å². The minimum absolute atomic E-state index is 0.109. The number of hydrogen-bond acceptors (Lipinski definition) is 2. The molecule has 146 valence electrons. The lowest BCUT2D eigenvalue weighted by molar-refractivity contribution is -0.116. The predicted molar refractivity (Wildman–Crippen MR) is 120 cm³/mol. The second-order valence-corrected chi connectivity index (χ2v) is 7.38. The summed E-state index contributed by atoms with van der Waals surface area (Å²) in [7, 11) is 0. The Morgan fingerprint density at radius 1 is 0.733 bits per heavy atom. The van der Waals surface area contributed by atoms with Gasteiger partial charge in [-0.1, -0.05) is 72.8 Å². The average molecular weight is 391 g/mol. The molecule has 0 spiro atoms. The van der Waals surface area contributed by atoms with Gasteiger partial charge in [0.15, 0.2) is 0 Å².